The van der Waals surface area contributed by atoms with Gasteiger partial charge in [-0.15, -0.1) is 0 Å². The molecular weight excluding hydrogens is 288 g/mol. The van der Waals surface area contributed by atoms with Crippen LogP contribution in [0.2, 0.25) is 0 Å². The van der Waals surface area contributed by atoms with Gasteiger partial charge in [-0.05, 0) is 61.0 Å². The summed E-state index contributed by atoms with van der Waals surface area (Å²) in [7, 11) is 0. The molecule has 3 nitrogen and oxygen atoms in total. The third-order valence-electron chi connectivity index (χ3n) is 6.31. The van der Waals surface area contributed by atoms with Crippen molar-refractivity contribution in [2.24, 2.45) is 16.7 Å². The summed E-state index contributed by atoms with van der Waals surface area (Å²) in [6.07, 6.45) is 7.04. The van der Waals surface area contributed by atoms with Crippen molar-refractivity contribution >= 4 is 0 Å². The van der Waals surface area contributed by atoms with Gasteiger partial charge < -0.3 is 15.3 Å². The number of allylic oxidation sites excluding steroid dienone is 2. The minimum atomic E-state index is -0.474. The molecule has 1 fully saturated rings. The lowest BCUT2D eigenvalue weighted by atomic mass is 9.57. The van der Waals surface area contributed by atoms with E-state index >= 15 is 0 Å². The van der Waals surface area contributed by atoms with Gasteiger partial charge in [0.25, 0.3) is 0 Å². The molecule has 0 aliphatic heterocycles. The second-order valence-electron chi connectivity index (χ2n) is 8.22. The Morgan fingerprint density at radius 2 is 1.83 bits per heavy atom. The molecule has 0 saturated heterocycles. The maximum Gasteiger partial charge on any atom is 0.0635 e. The SMILES string of the molecule is CC(C)C1=C2/C(=C/CO)[C@](C)([C@@H](O)CCCO)CC[C@@]2(C)CC1. The van der Waals surface area contributed by atoms with Crippen LogP contribution in [0.4, 0.5) is 0 Å². The predicted molar refractivity (Wildman–Crippen MR) is 94.0 cm³/mol. The molecule has 2 aliphatic carbocycles. The minimum Gasteiger partial charge on any atom is -0.396 e. The molecule has 0 aromatic heterocycles. The van der Waals surface area contributed by atoms with Crippen LogP contribution in [0.15, 0.2) is 22.8 Å². The fourth-order valence-corrected chi connectivity index (χ4v) is 4.71. The first-order valence-electron chi connectivity index (χ1n) is 9.14. The van der Waals surface area contributed by atoms with Crippen LogP contribution in [0.1, 0.15) is 66.2 Å². The van der Waals surface area contributed by atoms with Crippen LogP contribution < -0.4 is 0 Å². The van der Waals surface area contributed by atoms with Crippen molar-refractivity contribution in [1.29, 1.82) is 0 Å². The monoisotopic (exact) mass is 322 g/mol. The maximum absolute atomic E-state index is 10.8. The normalized spacial score (nSPS) is 34.3. The number of hydrogen-bond acceptors (Lipinski definition) is 3. The van der Waals surface area contributed by atoms with Gasteiger partial charge >= 0.3 is 0 Å². The molecule has 0 heterocycles. The third-order valence-corrected chi connectivity index (χ3v) is 6.31. The Morgan fingerprint density at radius 1 is 1.13 bits per heavy atom. The summed E-state index contributed by atoms with van der Waals surface area (Å²) < 4.78 is 0. The molecule has 1 saturated carbocycles. The Labute approximate surface area is 141 Å². The Morgan fingerprint density at radius 3 is 2.39 bits per heavy atom. The summed E-state index contributed by atoms with van der Waals surface area (Å²) in [4.78, 5) is 0. The van der Waals surface area contributed by atoms with Crippen LogP contribution in [-0.4, -0.2) is 34.6 Å². The fraction of sp³-hybridized carbons (Fsp3) is 0.800. The predicted octanol–water partition coefficient (Wildman–Crippen LogP) is 3.59. The van der Waals surface area contributed by atoms with E-state index in [-0.39, 0.29) is 24.0 Å². The van der Waals surface area contributed by atoms with Gasteiger partial charge in [0.05, 0.1) is 12.7 Å². The standard InChI is InChI=1S/C20H34O3/c1-14(2)15-7-9-19(3)10-11-20(4,17(23)6-5-12-21)16(8-13-22)18(15)19/h8,14,17,21-23H,5-7,9-13H2,1-4H3/b16-8-/t17-,19+,20+/m0/s1. The van der Waals surface area contributed by atoms with E-state index in [1.807, 2.05) is 6.08 Å². The van der Waals surface area contributed by atoms with Gasteiger partial charge in [0, 0.05) is 12.0 Å². The highest BCUT2D eigenvalue weighted by Crippen LogP contribution is 2.61. The van der Waals surface area contributed by atoms with E-state index in [1.54, 1.807) is 0 Å². The summed E-state index contributed by atoms with van der Waals surface area (Å²) in [6, 6.07) is 0. The second kappa shape index (κ2) is 7.08. The van der Waals surface area contributed by atoms with Crippen LogP contribution in [0, 0.1) is 16.7 Å². The summed E-state index contributed by atoms with van der Waals surface area (Å²) in [5, 5.41) is 29.5. The zero-order valence-corrected chi connectivity index (χ0v) is 15.2. The molecule has 23 heavy (non-hydrogen) atoms. The van der Waals surface area contributed by atoms with Gasteiger partial charge in [-0.25, -0.2) is 0 Å². The highest BCUT2D eigenvalue weighted by atomic mass is 16.3. The zero-order chi connectivity index (χ0) is 17.3. The molecule has 0 spiro atoms. The molecule has 0 amide bonds. The van der Waals surface area contributed by atoms with Gasteiger partial charge in [-0.1, -0.05) is 39.3 Å². The van der Waals surface area contributed by atoms with E-state index in [2.05, 4.69) is 27.7 Å². The Hall–Kier alpha value is -0.640. The Bertz CT molecular complexity index is 491. The summed E-state index contributed by atoms with van der Waals surface area (Å²) in [5.74, 6) is 0.505. The third kappa shape index (κ3) is 3.29. The molecule has 0 radical (unpaired) electrons. The van der Waals surface area contributed by atoms with Gasteiger partial charge in [-0.2, -0.15) is 0 Å². The molecule has 0 aromatic carbocycles. The average Bonchev–Trinajstić information content (AvgIpc) is 2.86. The van der Waals surface area contributed by atoms with Crippen molar-refractivity contribution in [3.8, 4) is 0 Å². The lowest BCUT2D eigenvalue weighted by molar-refractivity contribution is 0.0266. The zero-order valence-electron chi connectivity index (χ0n) is 15.2. The van der Waals surface area contributed by atoms with E-state index < -0.39 is 6.10 Å². The number of fused-ring (bicyclic) bond motifs is 1. The number of aliphatic hydroxyl groups excluding tert-OH is 3. The Kier molecular flexibility index (Phi) is 5.76. The smallest absolute Gasteiger partial charge is 0.0635 e. The van der Waals surface area contributed by atoms with E-state index in [0.717, 1.165) is 19.3 Å². The topological polar surface area (TPSA) is 60.7 Å². The van der Waals surface area contributed by atoms with Crippen molar-refractivity contribution in [2.45, 2.75) is 72.3 Å². The molecule has 132 valence electrons. The lowest BCUT2D eigenvalue weighted by Crippen LogP contribution is -2.42. The number of rotatable bonds is 6. The lowest BCUT2D eigenvalue weighted by Gasteiger charge is -2.48. The van der Waals surface area contributed by atoms with E-state index in [4.69, 9.17) is 5.11 Å². The molecule has 0 unspecified atom stereocenters. The van der Waals surface area contributed by atoms with Crippen molar-refractivity contribution < 1.29 is 15.3 Å². The van der Waals surface area contributed by atoms with Crippen molar-refractivity contribution in [1.82, 2.24) is 0 Å². The molecule has 2 aliphatic rings. The molecule has 0 aromatic rings. The average molecular weight is 322 g/mol. The van der Waals surface area contributed by atoms with Gasteiger partial charge in [0.15, 0.2) is 0 Å². The first-order valence-corrected chi connectivity index (χ1v) is 9.14. The minimum absolute atomic E-state index is 0.0165. The van der Waals surface area contributed by atoms with E-state index in [9.17, 15) is 10.2 Å². The van der Waals surface area contributed by atoms with Crippen LogP contribution in [0.25, 0.3) is 0 Å². The van der Waals surface area contributed by atoms with Gasteiger partial charge in [-0.3, -0.25) is 0 Å². The molecule has 0 bridgehead atoms. The highest BCUT2D eigenvalue weighted by Gasteiger charge is 2.50. The first-order chi connectivity index (χ1) is 10.8. The van der Waals surface area contributed by atoms with Gasteiger partial charge in [0.2, 0.25) is 0 Å². The van der Waals surface area contributed by atoms with Crippen LogP contribution in [0.3, 0.4) is 0 Å². The van der Waals surface area contributed by atoms with Crippen molar-refractivity contribution in [3.63, 3.8) is 0 Å². The van der Waals surface area contributed by atoms with Crippen LogP contribution in [0.5, 0.6) is 0 Å². The molecular formula is C20H34O3. The molecule has 2 rings (SSSR count). The molecule has 3 heteroatoms. The number of hydrogen-bond donors (Lipinski definition) is 3. The molecule has 3 N–H and O–H groups in total. The highest BCUT2D eigenvalue weighted by molar-refractivity contribution is 5.50. The van der Waals surface area contributed by atoms with Crippen molar-refractivity contribution in [2.75, 3.05) is 13.2 Å². The maximum atomic E-state index is 10.8. The van der Waals surface area contributed by atoms with Crippen LogP contribution in [-0.2, 0) is 0 Å². The summed E-state index contributed by atoms with van der Waals surface area (Å²) in [5.41, 5.74) is 3.96. The summed E-state index contributed by atoms with van der Waals surface area (Å²) >= 11 is 0. The van der Waals surface area contributed by atoms with Crippen molar-refractivity contribution in [3.05, 3.63) is 22.8 Å². The van der Waals surface area contributed by atoms with E-state index in [0.29, 0.717) is 18.8 Å². The largest absolute Gasteiger partial charge is 0.396 e. The van der Waals surface area contributed by atoms with Crippen LogP contribution >= 0.6 is 0 Å². The quantitative estimate of drug-likeness (QED) is 0.700. The number of aliphatic hydroxyl groups is 3. The summed E-state index contributed by atoms with van der Waals surface area (Å²) in [6.45, 7) is 9.12. The van der Waals surface area contributed by atoms with E-state index in [1.165, 1.54) is 23.1 Å². The molecule has 3 atom stereocenters. The first kappa shape index (κ1) is 18.7. The Balaban J connectivity index is 2.48. The second-order valence-corrected chi connectivity index (χ2v) is 8.22. The fourth-order valence-electron chi connectivity index (χ4n) is 4.71. The van der Waals surface area contributed by atoms with Gasteiger partial charge in [0.1, 0.15) is 0 Å².